The van der Waals surface area contributed by atoms with Gasteiger partial charge < -0.3 is 29.4 Å². The minimum absolute atomic E-state index is 0.0721. The van der Waals surface area contributed by atoms with Gasteiger partial charge in [-0.15, -0.1) is 13.2 Å². The SMILES string of the molecule is COCCOC(=O)c1nc(OCCOC)c(S(=O)(=O)c2ccc(OC(F)(F)F)cc2)cc1N. The second-order valence-electron chi connectivity index (χ2n) is 6.22. The van der Waals surface area contributed by atoms with Crippen molar-refractivity contribution in [2.24, 2.45) is 0 Å². The zero-order valence-electron chi connectivity index (χ0n) is 17.5. The van der Waals surface area contributed by atoms with Crippen molar-refractivity contribution in [2.75, 3.05) is 46.4 Å². The van der Waals surface area contributed by atoms with E-state index in [2.05, 4.69) is 9.72 Å². The van der Waals surface area contributed by atoms with Crippen LogP contribution in [0.4, 0.5) is 18.9 Å². The molecule has 0 fully saturated rings. The number of esters is 1. The minimum atomic E-state index is -4.94. The van der Waals surface area contributed by atoms with Crippen molar-refractivity contribution in [3.8, 4) is 11.6 Å². The Morgan fingerprint density at radius 2 is 1.64 bits per heavy atom. The molecule has 0 spiro atoms. The first-order valence-electron chi connectivity index (χ1n) is 9.18. The van der Waals surface area contributed by atoms with E-state index in [9.17, 15) is 26.4 Å². The van der Waals surface area contributed by atoms with Crippen LogP contribution in [0.5, 0.6) is 11.6 Å². The van der Waals surface area contributed by atoms with Crippen LogP contribution in [0.1, 0.15) is 10.5 Å². The number of methoxy groups -OCH3 is 2. The zero-order chi connectivity index (χ0) is 24.6. The van der Waals surface area contributed by atoms with Gasteiger partial charge in [-0.05, 0) is 30.3 Å². The smallest absolute Gasteiger partial charge is 0.474 e. The molecule has 0 saturated heterocycles. The number of carbonyl (C=O) groups excluding carboxylic acids is 1. The first kappa shape index (κ1) is 26.2. The third-order valence-electron chi connectivity index (χ3n) is 3.88. The maximum Gasteiger partial charge on any atom is 0.573 e. The van der Waals surface area contributed by atoms with E-state index in [1.54, 1.807) is 0 Å². The third kappa shape index (κ3) is 7.20. The molecule has 2 N–H and O–H groups in total. The molecule has 182 valence electrons. The summed E-state index contributed by atoms with van der Waals surface area (Å²) in [6.45, 7) is -0.0266. The van der Waals surface area contributed by atoms with Crippen LogP contribution < -0.4 is 15.2 Å². The van der Waals surface area contributed by atoms with Gasteiger partial charge in [0.15, 0.2) is 5.69 Å². The Kier molecular flexibility index (Phi) is 8.84. The molecule has 10 nitrogen and oxygen atoms in total. The van der Waals surface area contributed by atoms with E-state index in [1.165, 1.54) is 14.2 Å². The predicted molar refractivity (Wildman–Crippen MR) is 107 cm³/mol. The lowest BCUT2D eigenvalue weighted by molar-refractivity contribution is -0.274. The van der Waals surface area contributed by atoms with Gasteiger partial charge in [0.05, 0.1) is 23.8 Å². The van der Waals surface area contributed by atoms with Crippen molar-refractivity contribution in [3.63, 3.8) is 0 Å². The van der Waals surface area contributed by atoms with Crippen LogP contribution >= 0.6 is 0 Å². The Balaban J connectivity index is 2.45. The molecular weight excluding hydrogens is 473 g/mol. The molecule has 1 aromatic carbocycles. The lowest BCUT2D eigenvalue weighted by Crippen LogP contribution is -2.18. The maximum absolute atomic E-state index is 13.1. The average Bonchev–Trinajstić information content (AvgIpc) is 2.74. The fourth-order valence-electron chi connectivity index (χ4n) is 2.41. The quantitative estimate of drug-likeness (QED) is 0.366. The van der Waals surface area contributed by atoms with Gasteiger partial charge in [-0.1, -0.05) is 0 Å². The highest BCUT2D eigenvalue weighted by Gasteiger charge is 2.32. The van der Waals surface area contributed by atoms with Gasteiger partial charge in [-0.3, -0.25) is 0 Å². The molecule has 0 saturated carbocycles. The topological polar surface area (TPSA) is 136 Å². The summed E-state index contributed by atoms with van der Waals surface area (Å²) >= 11 is 0. The van der Waals surface area contributed by atoms with Gasteiger partial charge in [0.1, 0.15) is 23.9 Å². The Hall–Kier alpha value is -3.10. The molecule has 0 unspecified atom stereocenters. The van der Waals surface area contributed by atoms with E-state index in [1.807, 2.05) is 0 Å². The molecule has 0 amide bonds. The molecule has 0 atom stereocenters. The van der Waals surface area contributed by atoms with E-state index in [0.29, 0.717) is 0 Å². The molecule has 0 bridgehead atoms. The number of sulfone groups is 1. The molecule has 14 heteroatoms. The number of nitrogens with two attached hydrogens (primary N) is 1. The Bertz CT molecular complexity index is 1060. The number of alkyl halides is 3. The van der Waals surface area contributed by atoms with Gasteiger partial charge >= 0.3 is 12.3 Å². The summed E-state index contributed by atoms with van der Waals surface area (Å²) in [4.78, 5) is 15.3. The lowest BCUT2D eigenvalue weighted by atomic mass is 10.3. The number of hydrogen-bond acceptors (Lipinski definition) is 10. The van der Waals surface area contributed by atoms with E-state index in [0.717, 1.165) is 30.3 Å². The highest BCUT2D eigenvalue weighted by atomic mass is 32.2. The fraction of sp³-hybridized carbons (Fsp3) is 0.368. The number of anilines is 1. The molecule has 0 radical (unpaired) electrons. The normalized spacial score (nSPS) is 11.8. The van der Waals surface area contributed by atoms with Crippen LogP contribution in [-0.2, 0) is 24.0 Å². The number of benzene rings is 1. The molecule has 0 aliphatic rings. The molecule has 0 aliphatic carbocycles. The van der Waals surface area contributed by atoms with E-state index in [-0.39, 0.29) is 42.7 Å². The number of halogens is 3. The van der Waals surface area contributed by atoms with E-state index < -0.39 is 38.7 Å². The molecule has 2 aromatic rings. The largest absolute Gasteiger partial charge is 0.573 e. The van der Waals surface area contributed by atoms with Crippen molar-refractivity contribution in [3.05, 3.63) is 36.0 Å². The summed E-state index contributed by atoms with van der Waals surface area (Å²) in [5, 5.41) is 0. The highest BCUT2D eigenvalue weighted by molar-refractivity contribution is 7.91. The molecule has 0 aliphatic heterocycles. The number of ether oxygens (including phenoxy) is 5. The van der Waals surface area contributed by atoms with Gasteiger partial charge in [0, 0.05) is 14.2 Å². The second-order valence-corrected chi connectivity index (χ2v) is 8.14. The number of nitrogen functional groups attached to an aromatic ring is 1. The highest BCUT2D eigenvalue weighted by Crippen LogP contribution is 2.33. The first-order chi connectivity index (χ1) is 15.5. The van der Waals surface area contributed by atoms with Crippen LogP contribution in [0, 0.1) is 0 Å². The summed E-state index contributed by atoms with van der Waals surface area (Å²) in [6.07, 6.45) is -4.94. The van der Waals surface area contributed by atoms with Crippen molar-refractivity contribution in [1.82, 2.24) is 4.98 Å². The third-order valence-corrected chi connectivity index (χ3v) is 5.65. The lowest BCUT2D eigenvalue weighted by Gasteiger charge is -2.15. The second kappa shape index (κ2) is 11.2. The summed E-state index contributed by atoms with van der Waals surface area (Å²) in [7, 11) is -1.57. The average molecular weight is 494 g/mol. The van der Waals surface area contributed by atoms with E-state index in [4.69, 9.17) is 24.7 Å². The standard InChI is InChI=1S/C19H21F3N2O8S/c1-28-7-9-30-17-15(11-14(23)16(24-17)18(25)31-10-8-29-2)33(26,27)13-5-3-12(4-6-13)32-19(20,21)22/h3-6,11H,7-10,23H2,1-2H3. The Morgan fingerprint density at radius 3 is 2.21 bits per heavy atom. The van der Waals surface area contributed by atoms with Crippen LogP contribution in [0.25, 0.3) is 0 Å². The minimum Gasteiger partial charge on any atom is -0.474 e. The summed E-state index contributed by atoms with van der Waals surface area (Å²) in [5.41, 5.74) is 5.14. The number of nitrogens with zero attached hydrogens (tertiary/aromatic N) is 1. The molecule has 33 heavy (non-hydrogen) atoms. The Morgan fingerprint density at radius 1 is 1.03 bits per heavy atom. The molecule has 2 rings (SSSR count). The number of rotatable bonds is 11. The fourth-order valence-corrected chi connectivity index (χ4v) is 3.77. The van der Waals surface area contributed by atoms with Crippen molar-refractivity contribution in [1.29, 1.82) is 0 Å². The van der Waals surface area contributed by atoms with E-state index >= 15 is 0 Å². The van der Waals surface area contributed by atoms with Crippen molar-refractivity contribution >= 4 is 21.5 Å². The molecule has 1 heterocycles. The summed E-state index contributed by atoms with van der Waals surface area (Å²) in [6, 6.07) is 4.46. The van der Waals surface area contributed by atoms with Crippen LogP contribution in [0.15, 0.2) is 40.1 Å². The van der Waals surface area contributed by atoms with Gasteiger partial charge in [-0.25, -0.2) is 18.2 Å². The number of pyridine rings is 1. The first-order valence-corrected chi connectivity index (χ1v) is 10.7. The summed E-state index contributed by atoms with van der Waals surface area (Å²) < 4.78 is 87.0. The van der Waals surface area contributed by atoms with Crippen LogP contribution in [-0.4, -0.2) is 66.4 Å². The van der Waals surface area contributed by atoms with Crippen LogP contribution in [0.2, 0.25) is 0 Å². The monoisotopic (exact) mass is 494 g/mol. The predicted octanol–water partition coefficient (Wildman–Crippen LogP) is 2.22. The maximum atomic E-state index is 13.1. The number of aromatic nitrogens is 1. The number of hydrogen-bond donors (Lipinski definition) is 1. The Labute approximate surface area is 187 Å². The van der Waals surface area contributed by atoms with Crippen molar-refractivity contribution in [2.45, 2.75) is 16.2 Å². The zero-order valence-corrected chi connectivity index (χ0v) is 18.4. The van der Waals surface area contributed by atoms with Gasteiger partial charge in [-0.2, -0.15) is 0 Å². The van der Waals surface area contributed by atoms with Crippen LogP contribution in [0.3, 0.4) is 0 Å². The van der Waals surface area contributed by atoms with Gasteiger partial charge in [0.25, 0.3) is 0 Å². The number of carbonyl (C=O) groups is 1. The summed E-state index contributed by atoms with van der Waals surface area (Å²) in [5.74, 6) is -2.00. The molecule has 1 aromatic heterocycles. The molecular formula is C19H21F3N2O8S. The van der Waals surface area contributed by atoms with Gasteiger partial charge in [0.2, 0.25) is 15.7 Å². The van der Waals surface area contributed by atoms with Crippen molar-refractivity contribution < 1.29 is 50.1 Å².